The Labute approximate surface area is 178 Å². The molecule has 0 radical (unpaired) electrons. The first-order valence-corrected chi connectivity index (χ1v) is 10.1. The Morgan fingerprint density at radius 2 is 2.00 bits per heavy atom. The number of halogens is 1. The van der Waals surface area contributed by atoms with Crippen LogP contribution in [0.25, 0.3) is 11.3 Å². The molecular weight excluding hydrogens is 404 g/mol. The van der Waals surface area contributed by atoms with E-state index in [2.05, 4.69) is 20.7 Å². The van der Waals surface area contributed by atoms with Gasteiger partial charge in [-0.15, -0.1) is 0 Å². The maximum Gasteiger partial charge on any atom is 0.257 e. The Morgan fingerprint density at radius 1 is 1.23 bits per heavy atom. The second kappa shape index (κ2) is 7.18. The van der Waals surface area contributed by atoms with Crippen molar-refractivity contribution in [2.24, 2.45) is 0 Å². The Balaban J connectivity index is 1.40. The molecule has 7 nitrogen and oxygen atoms in total. The summed E-state index contributed by atoms with van der Waals surface area (Å²) in [5.74, 6) is 0.0757. The van der Waals surface area contributed by atoms with Crippen LogP contribution >= 0.6 is 11.6 Å². The molecule has 0 unspecified atom stereocenters. The van der Waals surface area contributed by atoms with Crippen LogP contribution in [0.5, 0.6) is 0 Å². The molecular formula is C22H19ClN4O3. The molecule has 2 N–H and O–H groups in total. The number of nitrogens with one attached hydrogen (secondary N) is 2. The van der Waals surface area contributed by atoms with Crippen molar-refractivity contribution >= 4 is 34.8 Å². The molecule has 3 heterocycles. The molecule has 3 aromatic rings. The lowest BCUT2D eigenvalue weighted by atomic mass is 10.0. The molecule has 0 bridgehead atoms. The van der Waals surface area contributed by atoms with Crippen LogP contribution < -0.4 is 15.5 Å². The van der Waals surface area contributed by atoms with Crippen molar-refractivity contribution in [3.8, 4) is 11.3 Å². The summed E-state index contributed by atoms with van der Waals surface area (Å²) in [6, 6.07) is 14.4. The highest BCUT2D eigenvalue weighted by molar-refractivity contribution is 6.33. The highest BCUT2D eigenvalue weighted by atomic mass is 35.5. The number of aryl methyl sites for hydroxylation is 1. The second-order valence-electron chi connectivity index (χ2n) is 7.52. The molecule has 30 heavy (non-hydrogen) atoms. The molecule has 152 valence electrons. The SMILES string of the molecule is Cc1onc(-c2ccccc2Cl)c1C(=O)N[C@@H]1C[C@@H]2C(=O)Nc3ccccc3N2C1. The van der Waals surface area contributed by atoms with Crippen LogP contribution in [0.15, 0.2) is 53.1 Å². The van der Waals surface area contributed by atoms with Gasteiger partial charge in [-0.1, -0.05) is 47.1 Å². The van der Waals surface area contributed by atoms with Gasteiger partial charge >= 0.3 is 0 Å². The average Bonchev–Trinajstić information content (AvgIpc) is 3.32. The number of aromatic nitrogens is 1. The Morgan fingerprint density at radius 3 is 2.83 bits per heavy atom. The van der Waals surface area contributed by atoms with Gasteiger partial charge < -0.3 is 20.1 Å². The first-order chi connectivity index (χ1) is 14.5. The molecule has 2 aliphatic heterocycles. The lowest BCUT2D eigenvalue weighted by Crippen LogP contribution is -2.44. The van der Waals surface area contributed by atoms with Gasteiger partial charge in [0.1, 0.15) is 23.1 Å². The summed E-state index contributed by atoms with van der Waals surface area (Å²) in [6.45, 7) is 2.25. The summed E-state index contributed by atoms with van der Waals surface area (Å²) in [6.07, 6.45) is 0.525. The van der Waals surface area contributed by atoms with E-state index in [1.807, 2.05) is 36.4 Å². The van der Waals surface area contributed by atoms with E-state index in [9.17, 15) is 9.59 Å². The number of hydrogen-bond donors (Lipinski definition) is 2. The predicted octanol–water partition coefficient (Wildman–Crippen LogP) is 3.63. The predicted molar refractivity (Wildman–Crippen MR) is 114 cm³/mol. The third-order valence-corrected chi connectivity index (χ3v) is 5.96. The standard InChI is InChI=1S/C22H19ClN4O3/c1-12-19(20(26-30-12)14-6-2-3-7-15(14)23)22(29)24-13-10-18-21(28)25-16-8-4-5-9-17(16)27(18)11-13/h2-9,13,18H,10-11H2,1H3,(H,24,29)(H,25,28)/t13-,18-/m1/s1. The number of carbonyl (C=O) groups is 2. The van der Waals surface area contributed by atoms with E-state index in [4.69, 9.17) is 16.1 Å². The van der Waals surface area contributed by atoms with E-state index in [0.29, 0.717) is 40.6 Å². The summed E-state index contributed by atoms with van der Waals surface area (Å²) in [7, 11) is 0. The summed E-state index contributed by atoms with van der Waals surface area (Å²) >= 11 is 6.30. The first-order valence-electron chi connectivity index (χ1n) is 9.71. The van der Waals surface area contributed by atoms with Gasteiger partial charge in [-0.05, 0) is 31.5 Å². The second-order valence-corrected chi connectivity index (χ2v) is 7.93. The molecule has 2 aliphatic rings. The minimum absolute atomic E-state index is 0.0524. The maximum absolute atomic E-state index is 13.1. The molecule has 2 aromatic carbocycles. The van der Waals surface area contributed by atoms with E-state index < -0.39 is 0 Å². The van der Waals surface area contributed by atoms with E-state index in [0.717, 1.165) is 11.4 Å². The zero-order valence-electron chi connectivity index (χ0n) is 16.2. The van der Waals surface area contributed by atoms with Gasteiger partial charge in [0.05, 0.1) is 16.4 Å². The van der Waals surface area contributed by atoms with Crippen molar-refractivity contribution in [1.82, 2.24) is 10.5 Å². The molecule has 1 saturated heterocycles. The van der Waals surface area contributed by atoms with Crippen LogP contribution in [-0.2, 0) is 4.79 Å². The smallest absolute Gasteiger partial charge is 0.257 e. The largest absolute Gasteiger partial charge is 0.360 e. The number of carbonyl (C=O) groups excluding carboxylic acids is 2. The van der Waals surface area contributed by atoms with Gasteiger partial charge in [0.15, 0.2) is 0 Å². The lowest BCUT2D eigenvalue weighted by Gasteiger charge is -2.32. The number of benzene rings is 2. The molecule has 5 rings (SSSR count). The number of rotatable bonds is 3. The van der Waals surface area contributed by atoms with E-state index in [1.54, 1.807) is 19.1 Å². The zero-order valence-corrected chi connectivity index (χ0v) is 16.9. The quantitative estimate of drug-likeness (QED) is 0.673. The number of hydrogen-bond acceptors (Lipinski definition) is 5. The number of amides is 2. The summed E-state index contributed by atoms with van der Waals surface area (Å²) in [5.41, 5.74) is 3.17. The fourth-order valence-electron chi connectivity index (χ4n) is 4.24. The summed E-state index contributed by atoms with van der Waals surface area (Å²) in [5, 5.41) is 10.6. The summed E-state index contributed by atoms with van der Waals surface area (Å²) in [4.78, 5) is 27.7. The minimum Gasteiger partial charge on any atom is -0.360 e. The molecule has 8 heteroatoms. The zero-order chi connectivity index (χ0) is 20.8. The number of fused-ring (bicyclic) bond motifs is 3. The van der Waals surface area contributed by atoms with Crippen LogP contribution in [-0.4, -0.2) is 35.6 Å². The highest BCUT2D eigenvalue weighted by Crippen LogP contribution is 2.37. The van der Waals surface area contributed by atoms with Crippen molar-refractivity contribution in [2.45, 2.75) is 25.4 Å². The van der Waals surface area contributed by atoms with Crippen molar-refractivity contribution in [2.75, 3.05) is 16.8 Å². The van der Waals surface area contributed by atoms with Gasteiger partial charge in [-0.2, -0.15) is 0 Å². The number of para-hydroxylation sites is 2. The topological polar surface area (TPSA) is 87.5 Å². The Bertz CT molecular complexity index is 1160. The lowest BCUT2D eigenvalue weighted by molar-refractivity contribution is -0.117. The Hall–Kier alpha value is -3.32. The molecule has 1 fully saturated rings. The molecule has 2 atom stereocenters. The maximum atomic E-state index is 13.1. The highest BCUT2D eigenvalue weighted by Gasteiger charge is 2.41. The molecule has 1 aromatic heterocycles. The van der Waals surface area contributed by atoms with Crippen LogP contribution in [0.4, 0.5) is 11.4 Å². The van der Waals surface area contributed by atoms with Crippen LogP contribution in [0.1, 0.15) is 22.5 Å². The minimum atomic E-state index is -0.309. The van der Waals surface area contributed by atoms with Crippen LogP contribution in [0.2, 0.25) is 5.02 Å². The van der Waals surface area contributed by atoms with Crippen molar-refractivity contribution < 1.29 is 14.1 Å². The normalized spacial score (nSPS) is 19.8. The molecule has 0 saturated carbocycles. The van der Waals surface area contributed by atoms with Crippen molar-refractivity contribution in [1.29, 1.82) is 0 Å². The van der Waals surface area contributed by atoms with Crippen molar-refractivity contribution in [3.05, 3.63) is 64.9 Å². The van der Waals surface area contributed by atoms with Gasteiger partial charge in [0.25, 0.3) is 5.91 Å². The molecule has 0 aliphatic carbocycles. The third kappa shape index (κ3) is 3.02. The van der Waals surface area contributed by atoms with Gasteiger partial charge in [-0.25, -0.2) is 0 Å². The first kappa shape index (κ1) is 18.7. The fraction of sp³-hybridized carbons (Fsp3) is 0.227. The van der Waals surface area contributed by atoms with Crippen LogP contribution in [0.3, 0.4) is 0 Å². The molecule has 0 spiro atoms. The van der Waals surface area contributed by atoms with Gasteiger partial charge in [-0.3, -0.25) is 9.59 Å². The van der Waals surface area contributed by atoms with E-state index in [1.165, 1.54) is 0 Å². The van der Waals surface area contributed by atoms with Crippen LogP contribution in [0, 0.1) is 6.92 Å². The average molecular weight is 423 g/mol. The van der Waals surface area contributed by atoms with E-state index >= 15 is 0 Å². The Kier molecular flexibility index (Phi) is 4.47. The number of anilines is 2. The molecule has 2 amide bonds. The third-order valence-electron chi connectivity index (χ3n) is 5.63. The fourth-order valence-corrected chi connectivity index (χ4v) is 4.46. The van der Waals surface area contributed by atoms with Crippen molar-refractivity contribution in [3.63, 3.8) is 0 Å². The van der Waals surface area contributed by atoms with E-state index in [-0.39, 0.29) is 23.9 Å². The van der Waals surface area contributed by atoms with Gasteiger partial charge in [0, 0.05) is 18.2 Å². The van der Waals surface area contributed by atoms with Gasteiger partial charge in [0.2, 0.25) is 5.91 Å². The monoisotopic (exact) mass is 422 g/mol. The summed E-state index contributed by atoms with van der Waals surface area (Å²) < 4.78 is 5.30. The number of nitrogens with zero attached hydrogens (tertiary/aromatic N) is 2.